The van der Waals surface area contributed by atoms with Crippen molar-refractivity contribution in [3.05, 3.63) is 23.0 Å². The van der Waals surface area contributed by atoms with Crippen molar-refractivity contribution in [3.63, 3.8) is 0 Å². The van der Waals surface area contributed by atoms with Crippen molar-refractivity contribution in [1.82, 2.24) is 9.55 Å². The number of aromatic nitrogens is 2. The summed E-state index contributed by atoms with van der Waals surface area (Å²) < 4.78 is 14.5. The number of fused-ring (bicyclic) bond motifs is 1. The summed E-state index contributed by atoms with van der Waals surface area (Å²) in [7, 11) is 1.79. The third kappa shape index (κ3) is 2.60. The van der Waals surface area contributed by atoms with E-state index in [0.717, 1.165) is 34.4 Å². The van der Waals surface area contributed by atoms with Gasteiger partial charge < -0.3 is 19.0 Å². The first-order chi connectivity index (χ1) is 10.1. The number of nitrogens with one attached hydrogen (secondary N) is 1. The van der Waals surface area contributed by atoms with E-state index in [1.807, 2.05) is 26.0 Å². The van der Waals surface area contributed by atoms with Crippen LogP contribution >= 0.6 is 12.2 Å². The highest BCUT2D eigenvalue weighted by atomic mass is 32.1. The Balaban J connectivity index is 2.12. The second-order valence-corrected chi connectivity index (χ2v) is 6.28. The number of H-pyrrole nitrogens is 1. The topological polar surface area (TPSA) is 39.2 Å². The van der Waals surface area contributed by atoms with Gasteiger partial charge in [0.2, 0.25) is 0 Å². The van der Waals surface area contributed by atoms with Gasteiger partial charge in [-0.15, -0.1) is 0 Å². The fourth-order valence-corrected chi connectivity index (χ4v) is 3.62. The summed E-state index contributed by atoms with van der Waals surface area (Å²) in [6, 6.07) is 6.42. The standard InChI is InChI=1S/C16H22N2O2S/c1-10(2)20-14-9-5-7-12-15(14)17-16(21)18(12)11-6-4-8-13(11)19-3/h5,7,9-11,13H,4,6,8H2,1-3H3,(H,17,21). The zero-order chi connectivity index (χ0) is 15.0. The molecular formula is C16H22N2O2S. The number of hydrogen-bond acceptors (Lipinski definition) is 3. The molecule has 1 aromatic heterocycles. The van der Waals surface area contributed by atoms with Crippen LogP contribution in [0.4, 0.5) is 0 Å². The summed E-state index contributed by atoms with van der Waals surface area (Å²) in [5.41, 5.74) is 2.09. The molecule has 1 fully saturated rings. The molecular weight excluding hydrogens is 284 g/mol. The van der Waals surface area contributed by atoms with Gasteiger partial charge in [-0.3, -0.25) is 0 Å². The monoisotopic (exact) mass is 306 g/mol. The highest BCUT2D eigenvalue weighted by Gasteiger charge is 2.30. The van der Waals surface area contributed by atoms with Crippen molar-refractivity contribution in [2.24, 2.45) is 0 Å². The van der Waals surface area contributed by atoms with Gasteiger partial charge in [-0.2, -0.15) is 0 Å². The lowest BCUT2D eigenvalue weighted by Crippen LogP contribution is -2.20. The van der Waals surface area contributed by atoms with Gasteiger partial charge in [-0.1, -0.05) is 6.07 Å². The van der Waals surface area contributed by atoms with Gasteiger partial charge in [-0.05, 0) is 57.5 Å². The Kier molecular flexibility index (Phi) is 4.04. The molecule has 21 heavy (non-hydrogen) atoms. The number of ether oxygens (including phenoxy) is 2. The van der Waals surface area contributed by atoms with Crippen LogP contribution in [-0.2, 0) is 4.74 Å². The van der Waals surface area contributed by atoms with Gasteiger partial charge >= 0.3 is 0 Å². The van der Waals surface area contributed by atoms with E-state index >= 15 is 0 Å². The summed E-state index contributed by atoms with van der Waals surface area (Å²) in [6.45, 7) is 4.06. The van der Waals surface area contributed by atoms with E-state index in [0.29, 0.717) is 6.04 Å². The van der Waals surface area contributed by atoms with E-state index in [9.17, 15) is 0 Å². The number of nitrogens with zero attached hydrogens (tertiary/aromatic N) is 1. The van der Waals surface area contributed by atoms with E-state index in [2.05, 4.69) is 15.6 Å². The number of benzene rings is 1. The molecule has 0 amide bonds. The van der Waals surface area contributed by atoms with Gasteiger partial charge in [0.1, 0.15) is 11.3 Å². The van der Waals surface area contributed by atoms with Crippen LogP contribution in [0.2, 0.25) is 0 Å². The second-order valence-electron chi connectivity index (χ2n) is 5.89. The Labute approximate surface area is 130 Å². The minimum absolute atomic E-state index is 0.138. The van der Waals surface area contributed by atoms with E-state index in [4.69, 9.17) is 21.7 Å². The molecule has 1 aliphatic rings. The van der Waals surface area contributed by atoms with Crippen LogP contribution in [0, 0.1) is 4.77 Å². The number of methoxy groups -OCH3 is 1. The van der Waals surface area contributed by atoms with Crippen LogP contribution in [0.5, 0.6) is 5.75 Å². The normalized spacial score (nSPS) is 22.3. The van der Waals surface area contributed by atoms with Crippen molar-refractivity contribution in [2.45, 2.75) is 51.4 Å². The molecule has 0 bridgehead atoms. The number of imidazole rings is 1. The Morgan fingerprint density at radius 3 is 2.86 bits per heavy atom. The van der Waals surface area contributed by atoms with E-state index in [1.165, 1.54) is 6.42 Å². The van der Waals surface area contributed by atoms with E-state index in [-0.39, 0.29) is 12.2 Å². The number of hydrogen-bond donors (Lipinski definition) is 1. The lowest BCUT2D eigenvalue weighted by atomic mass is 10.2. The van der Waals surface area contributed by atoms with Gasteiger partial charge in [0, 0.05) is 7.11 Å². The van der Waals surface area contributed by atoms with Crippen LogP contribution in [-0.4, -0.2) is 28.9 Å². The predicted octanol–water partition coefficient (Wildman–Crippen LogP) is 4.23. The SMILES string of the molecule is COC1CCCC1n1c(=S)[nH]c2c(OC(C)C)cccc21. The molecule has 1 heterocycles. The first-order valence-electron chi connectivity index (χ1n) is 7.54. The Hall–Kier alpha value is -1.33. The summed E-state index contributed by atoms with van der Waals surface area (Å²) in [4.78, 5) is 3.32. The first-order valence-corrected chi connectivity index (χ1v) is 7.95. The van der Waals surface area contributed by atoms with Crippen LogP contribution in [0.15, 0.2) is 18.2 Å². The zero-order valence-electron chi connectivity index (χ0n) is 12.8. The van der Waals surface area contributed by atoms with Crippen LogP contribution < -0.4 is 4.74 Å². The second kappa shape index (κ2) is 5.81. The molecule has 1 N–H and O–H groups in total. The minimum Gasteiger partial charge on any atom is -0.489 e. The lowest BCUT2D eigenvalue weighted by Gasteiger charge is -2.20. The average molecular weight is 306 g/mol. The highest BCUT2D eigenvalue weighted by molar-refractivity contribution is 7.71. The number of para-hydroxylation sites is 1. The van der Waals surface area contributed by atoms with Gasteiger partial charge in [-0.25, -0.2) is 0 Å². The third-order valence-electron chi connectivity index (χ3n) is 4.13. The minimum atomic E-state index is 0.138. The number of rotatable bonds is 4. The predicted molar refractivity (Wildman–Crippen MR) is 86.6 cm³/mol. The third-order valence-corrected chi connectivity index (χ3v) is 4.43. The van der Waals surface area contributed by atoms with E-state index in [1.54, 1.807) is 7.11 Å². The smallest absolute Gasteiger partial charge is 0.178 e. The molecule has 2 unspecified atom stereocenters. The zero-order valence-corrected chi connectivity index (χ0v) is 13.6. The van der Waals surface area contributed by atoms with Gasteiger partial charge in [0.25, 0.3) is 0 Å². The molecule has 0 saturated heterocycles. The van der Waals surface area contributed by atoms with Crippen LogP contribution in [0.1, 0.15) is 39.2 Å². The molecule has 4 nitrogen and oxygen atoms in total. The fraction of sp³-hybridized carbons (Fsp3) is 0.562. The van der Waals surface area contributed by atoms with Crippen molar-refractivity contribution in [2.75, 3.05) is 7.11 Å². The van der Waals surface area contributed by atoms with Crippen molar-refractivity contribution in [1.29, 1.82) is 0 Å². The maximum atomic E-state index is 5.89. The van der Waals surface area contributed by atoms with Gasteiger partial charge in [0.05, 0.1) is 23.8 Å². The van der Waals surface area contributed by atoms with Crippen molar-refractivity contribution >= 4 is 23.3 Å². The maximum absolute atomic E-state index is 5.89. The first kappa shape index (κ1) is 14.6. The van der Waals surface area contributed by atoms with Crippen LogP contribution in [0.25, 0.3) is 11.0 Å². The molecule has 0 radical (unpaired) electrons. The largest absolute Gasteiger partial charge is 0.489 e. The Bertz CT molecular complexity index is 689. The Morgan fingerprint density at radius 2 is 2.14 bits per heavy atom. The molecule has 1 aliphatic carbocycles. The highest BCUT2D eigenvalue weighted by Crippen LogP contribution is 2.36. The van der Waals surface area contributed by atoms with Crippen molar-refractivity contribution in [3.8, 4) is 5.75 Å². The van der Waals surface area contributed by atoms with Crippen molar-refractivity contribution < 1.29 is 9.47 Å². The molecule has 2 atom stereocenters. The quantitative estimate of drug-likeness (QED) is 0.859. The lowest BCUT2D eigenvalue weighted by molar-refractivity contribution is 0.0758. The molecule has 5 heteroatoms. The molecule has 114 valence electrons. The van der Waals surface area contributed by atoms with Gasteiger partial charge in [0.15, 0.2) is 4.77 Å². The molecule has 0 aliphatic heterocycles. The maximum Gasteiger partial charge on any atom is 0.178 e. The molecule has 3 rings (SSSR count). The average Bonchev–Trinajstić information content (AvgIpc) is 3.01. The molecule has 1 saturated carbocycles. The summed E-state index contributed by atoms with van der Waals surface area (Å²) >= 11 is 5.56. The van der Waals surface area contributed by atoms with Crippen LogP contribution in [0.3, 0.4) is 0 Å². The number of aromatic amines is 1. The summed E-state index contributed by atoms with van der Waals surface area (Å²) in [5.74, 6) is 0.860. The fourth-order valence-electron chi connectivity index (χ4n) is 3.28. The molecule has 1 aromatic carbocycles. The summed E-state index contributed by atoms with van der Waals surface area (Å²) in [6.07, 6.45) is 3.76. The summed E-state index contributed by atoms with van der Waals surface area (Å²) in [5, 5.41) is 0. The van der Waals surface area contributed by atoms with E-state index < -0.39 is 0 Å². The molecule has 2 aromatic rings. The Morgan fingerprint density at radius 1 is 1.33 bits per heavy atom. The molecule has 0 spiro atoms.